The van der Waals surface area contributed by atoms with E-state index in [1.807, 2.05) is 6.92 Å². The molecule has 0 atom stereocenters. The first-order chi connectivity index (χ1) is 8.43. The lowest BCUT2D eigenvalue weighted by atomic mass is 9.87. The van der Waals surface area contributed by atoms with Gasteiger partial charge in [-0.15, -0.1) is 0 Å². The molecule has 5 heteroatoms. The number of hydrogen-bond acceptors (Lipinski definition) is 5. The van der Waals surface area contributed by atoms with E-state index in [0.717, 1.165) is 0 Å². The highest BCUT2D eigenvalue weighted by Crippen LogP contribution is 2.29. The summed E-state index contributed by atoms with van der Waals surface area (Å²) >= 11 is 0. The Labute approximate surface area is 105 Å². The minimum Gasteiger partial charge on any atom is -0.511 e. The fourth-order valence-electron chi connectivity index (χ4n) is 1.91. The van der Waals surface area contributed by atoms with E-state index in [1.165, 1.54) is 14.0 Å². The summed E-state index contributed by atoms with van der Waals surface area (Å²) in [6, 6.07) is 0. The molecule has 1 N–H and O–H groups in total. The molecule has 1 aliphatic rings. The molecule has 0 aromatic heterocycles. The van der Waals surface area contributed by atoms with E-state index in [0.29, 0.717) is 12.8 Å². The van der Waals surface area contributed by atoms with Crippen molar-refractivity contribution in [2.75, 3.05) is 7.11 Å². The number of methoxy groups -OCH3 is 1. The average molecular weight is 252 g/mol. The van der Waals surface area contributed by atoms with Crippen molar-refractivity contribution in [1.82, 2.24) is 0 Å². The number of carbonyl (C=O) groups excluding carboxylic acids is 3. The largest absolute Gasteiger partial charge is 0.511 e. The minimum absolute atomic E-state index is 0.0378. The number of carbonyl (C=O) groups is 3. The van der Waals surface area contributed by atoms with Crippen LogP contribution in [0.4, 0.5) is 0 Å². The van der Waals surface area contributed by atoms with Gasteiger partial charge in [0.15, 0.2) is 17.3 Å². The van der Waals surface area contributed by atoms with Crippen molar-refractivity contribution in [3.05, 3.63) is 22.7 Å². The number of Topliss-reactive ketones (excluding diaryl/α,β-unsaturated/α-hetero) is 3. The summed E-state index contributed by atoms with van der Waals surface area (Å²) in [4.78, 5) is 34.9. The Morgan fingerprint density at radius 2 is 1.94 bits per heavy atom. The van der Waals surface area contributed by atoms with Crippen molar-refractivity contribution in [3.63, 3.8) is 0 Å². The first-order valence-corrected chi connectivity index (χ1v) is 5.72. The van der Waals surface area contributed by atoms with Crippen LogP contribution >= 0.6 is 0 Å². The lowest BCUT2D eigenvalue weighted by molar-refractivity contribution is -0.125. The second-order valence-corrected chi connectivity index (χ2v) is 4.06. The van der Waals surface area contributed by atoms with Gasteiger partial charge >= 0.3 is 0 Å². The van der Waals surface area contributed by atoms with Crippen molar-refractivity contribution in [2.24, 2.45) is 0 Å². The first-order valence-electron chi connectivity index (χ1n) is 5.72. The number of hydrogen-bond donors (Lipinski definition) is 1. The second-order valence-electron chi connectivity index (χ2n) is 4.06. The van der Waals surface area contributed by atoms with E-state index in [1.54, 1.807) is 0 Å². The lowest BCUT2D eigenvalue weighted by Gasteiger charge is -2.19. The van der Waals surface area contributed by atoms with Crippen LogP contribution in [0, 0.1) is 0 Å². The van der Waals surface area contributed by atoms with E-state index in [4.69, 9.17) is 4.74 Å². The van der Waals surface area contributed by atoms with Gasteiger partial charge in [0.25, 0.3) is 0 Å². The zero-order valence-corrected chi connectivity index (χ0v) is 10.7. The van der Waals surface area contributed by atoms with Crippen LogP contribution in [0.2, 0.25) is 0 Å². The van der Waals surface area contributed by atoms with Crippen LogP contribution in [0.3, 0.4) is 0 Å². The Hall–Kier alpha value is -1.91. The summed E-state index contributed by atoms with van der Waals surface area (Å²) in [6.07, 6.45) is 0.543. The minimum atomic E-state index is -0.558. The molecule has 0 spiro atoms. The number of allylic oxidation sites excluding steroid dienone is 3. The highest BCUT2D eigenvalue weighted by Gasteiger charge is 2.35. The third kappa shape index (κ3) is 2.50. The van der Waals surface area contributed by atoms with Gasteiger partial charge in [0.1, 0.15) is 17.1 Å². The van der Waals surface area contributed by atoms with Gasteiger partial charge in [-0.25, -0.2) is 0 Å². The molecule has 0 unspecified atom stereocenters. The van der Waals surface area contributed by atoms with E-state index in [2.05, 4.69) is 0 Å². The normalized spacial score (nSPS) is 19.1. The van der Waals surface area contributed by atoms with Gasteiger partial charge in [-0.1, -0.05) is 6.92 Å². The number of ether oxygens (including phenoxy) is 1. The zero-order valence-electron chi connectivity index (χ0n) is 10.7. The Kier molecular flexibility index (Phi) is 4.42. The van der Waals surface area contributed by atoms with Gasteiger partial charge in [0, 0.05) is 6.42 Å². The SMILES string of the molecule is CCCC(O)=C1C(=O)CC(=O)C(C(C)=O)=C1OC. The molecule has 0 saturated heterocycles. The molecule has 0 bridgehead atoms. The molecule has 0 radical (unpaired) electrons. The highest BCUT2D eigenvalue weighted by molar-refractivity contribution is 6.29. The average Bonchev–Trinajstić information content (AvgIpc) is 2.27. The first kappa shape index (κ1) is 14.2. The Balaban J connectivity index is 3.49. The third-order valence-electron chi connectivity index (χ3n) is 2.66. The number of aliphatic hydroxyl groups excluding tert-OH is 1. The molecule has 0 amide bonds. The molecule has 0 heterocycles. The molecule has 98 valence electrons. The number of aliphatic hydroxyl groups is 1. The molecule has 0 fully saturated rings. The van der Waals surface area contributed by atoms with E-state index in [-0.39, 0.29) is 22.7 Å². The molecule has 18 heavy (non-hydrogen) atoms. The lowest BCUT2D eigenvalue weighted by Crippen LogP contribution is -2.27. The topological polar surface area (TPSA) is 80.7 Å². The van der Waals surface area contributed by atoms with Crippen LogP contribution in [-0.2, 0) is 19.1 Å². The predicted molar refractivity (Wildman–Crippen MR) is 63.9 cm³/mol. The van der Waals surface area contributed by atoms with Crippen molar-refractivity contribution < 1.29 is 24.2 Å². The summed E-state index contributed by atoms with van der Waals surface area (Å²) in [7, 11) is 1.27. The van der Waals surface area contributed by atoms with Gasteiger partial charge < -0.3 is 9.84 Å². The smallest absolute Gasteiger partial charge is 0.177 e. The van der Waals surface area contributed by atoms with E-state index < -0.39 is 23.8 Å². The number of rotatable bonds is 4. The molecule has 0 aromatic carbocycles. The Morgan fingerprint density at radius 3 is 2.39 bits per heavy atom. The van der Waals surface area contributed by atoms with Crippen LogP contribution in [0.1, 0.15) is 33.1 Å². The molecular weight excluding hydrogens is 236 g/mol. The summed E-state index contributed by atoms with van der Waals surface area (Å²) < 4.78 is 4.99. The summed E-state index contributed by atoms with van der Waals surface area (Å²) in [5.41, 5.74) is -0.182. The summed E-state index contributed by atoms with van der Waals surface area (Å²) in [5, 5.41) is 9.85. The predicted octanol–water partition coefficient (Wildman–Crippen LogP) is 1.63. The van der Waals surface area contributed by atoms with Crippen molar-refractivity contribution in [1.29, 1.82) is 0 Å². The molecule has 0 saturated carbocycles. The van der Waals surface area contributed by atoms with Gasteiger partial charge in [0.2, 0.25) is 0 Å². The molecular formula is C13H16O5. The molecule has 1 aliphatic carbocycles. The molecule has 5 nitrogen and oxygen atoms in total. The fraction of sp³-hybridized carbons (Fsp3) is 0.462. The molecule has 1 rings (SSSR count). The standard InChI is InChI=1S/C13H16O5/c1-4-5-8(15)12-10(17)6-9(16)11(7(2)14)13(12)18-3/h15H,4-6H2,1-3H3. The van der Waals surface area contributed by atoms with Crippen molar-refractivity contribution in [2.45, 2.75) is 33.1 Å². The fourth-order valence-corrected chi connectivity index (χ4v) is 1.91. The summed E-state index contributed by atoms with van der Waals surface area (Å²) in [5.74, 6) is -1.77. The van der Waals surface area contributed by atoms with Gasteiger partial charge in [-0.3, -0.25) is 14.4 Å². The van der Waals surface area contributed by atoms with Crippen molar-refractivity contribution in [3.8, 4) is 0 Å². The maximum Gasteiger partial charge on any atom is 0.177 e. The second kappa shape index (κ2) is 5.62. The maximum absolute atomic E-state index is 11.8. The van der Waals surface area contributed by atoms with Crippen LogP contribution < -0.4 is 0 Å². The van der Waals surface area contributed by atoms with Gasteiger partial charge in [-0.2, -0.15) is 0 Å². The van der Waals surface area contributed by atoms with Crippen LogP contribution in [0.25, 0.3) is 0 Å². The van der Waals surface area contributed by atoms with E-state index in [9.17, 15) is 19.5 Å². The molecule has 0 aromatic rings. The van der Waals surface area contributed by atoms with E-state index >= 15 is 0 Å². The van der Waals surface area contributed by atoms with Gasteiger partial charge in [-0.05, 0) is 13.3 Å². The van der Waals surface area contributed by atoms with Crippen molar-refractivity contribution >= 4 is 17.3 Å². The Bertz CT molecular complexity index is 468. The quantitative estimate of drug-likeness (QED) is 0.356. The molecule has 0 aliphatic heterocycles. The monoisotopic (exact) mass is 252 g/mol. The summed E-state index contributed by atoms with van der Waals surface area (Å²) in [6.45, 7) is 3.08. The van der Waals surface area contributed by atoms with Gasteiger partial charge in [0.05, 0.1) is 19.1 Å². The van der Waals surface area contributed by atoms with Crippen LogP contribution in [0.5, 0.6) is 0 Å². The maximum atomic E-state index is 11.8. The zero-order chi connectivity index (χ0) is 13.9. The Morgan fingerprint density at radius 1 is 1.33 bits per heavy atom. The van der Waals surface area contributed by atoms with Crippen LogP contribution in [0.15, 0.2) is 22.7 Å². The third-order valence-corrected chi connectivity index (χ3v) is 2.66. The number of ketones is 3. The van der Waals surface area contributed by atoms with Crippen LogP contribution in [-0.4, -0.2) is 29.6 Å². The highest BCUT2D eigenvalue weighted by atomic mass is 16.5.